The topological polar surface area (TPSA) is 18.5 Å². The fourth-order valence-corrected chi connectivity index (χ4v) is 2.37. The maximum Gasteiger partial charge on any atom is 0.162 e. The van der Waals surface area contributed by atoms with E-state index in [1.165, 1.54) is 0 Å². The maximum absolute atomic E-state index is 6.26. The fourth-order valence-electron chi connectivity index (χ4n) is 2.00. The van der Waals surface area contributed by atoms with E-state index in [2.05, 4.69) is 13.8 Å². The van der Waals surface area contributed by atoms with Crippen LogP contribution in [0.25, 0.3) is 0 Å². The lowest BCUT2D eigenvalue weighted by molar-refractivity contribution is 0.284. The van der Waals surface area contributed by atoms with Crippen molar-refractivity contribution in [1.29, 1.82) is 0 Å². The Hall–Kier alpha value is -1.67. The fraction of sp³-hybridized carbons (Fsp3) is 0.294. The van der Waals surface area contributed by atoms with Crippen molar-refractivity contribution >= 4 is 11.6 Å². The zero-order valence-corrected chi connectivity index (χ0v) is 12.8. The van der Waals surface area contributed by atoms with Gasteiger partial charge in [0.25, 0.3) is 0 Å². The highest BCUT2D eigenvalue weighted by Gasteiger charge is 2.13. The molecule has 20 heavy (non-hydrogen) atoms. The Labute approximate surface area is 125 Å². The van der Waals surface area contributed by atoms with Gasteiger partial charge >= 0.3 is 0 Å². The van der Waals surface area contributed by atoms with Gasteiger partial charge in [0.2, 0.25) is 0 Å². The first-order valence-electron chi connectivity index (χ1n) is 6.66. The Morgan fingerprint density at radius 2 is 1.75 bits per heavy atom. The number of rotatable bonds is 5. The number of benzene rings is 2. The van der Waals surface area contributed by atoms with Crippen LogP contribution >= 0.6 is 11.6 Å². The molecule has 0 heterocycles. The predicted molar refractivity (Wildman–Crippen MR) is 82.9 cm³/mol. The van der Waals surface area contributed by atoms with Gasteiger partial charge in [-0.2, -0.15) is 0 Å². The standard InChI is InChI=1S/C17H19ClO2/c1-12(2)14-9-17(16(19-3)10-15(14)18)20-11-13-7-5-4-6-8-13/h4-10,12H,11H2,1-3H3. The number of hydrogen-bond acceptors (Lipinski definition) is 2. The molecule has 0 aliphatic carbocycles. The summed E-state index contributed by atoms with van der Waals surface area (Å²) in [6.45, 7) is 4.72. The van der Waals surface area contributed by atoms with Gasteiger partial charge in [0.15, 0.2) is 11.5 Å². The van der Waals surface area contributed by atoms with E-state index in [4.69, 9.17) is 21.1 Å². The van der Waals surface area contributed by atoms with Crippen molar-refractivity contribution in [3.05, 3.63) is 58.6 Å². The average molecular weight is 291 g/mol. The molecule has 0 aliphatic heterocycles. The molecule has 0 amide bonds. The van der Waals surface area contributed by atoms with Crippen molar-refractivity contribution in [3.8, 4) is 11.5 Å². The van der Waals surface area contributed by atoms with E-state index in [0.29, 0.717) is 23.3 Å². The highest BCUT2D eigenvalue weighted by Crippen LogP contribution is 2.36. The molecule has 0 unspecified atom stereocenters. The molecule has 2 nitrogen and oxygen atoms in total. The Balaban J connectivity index is 2.23. The van der Waals surface area contributed by atoms with Crippen LogP contribution in [-0.4, -0.2) is 7.11 Å². The van der Waals surface area contributed by atoms with Crippen LogP contribution in [0.15, 0.2) is 42.5 Å². The molecule has 0 aromatic heterocycles. The molecule has 106 valence electrons. The Kier molecular flexibility index (Phi) is 4.91. The van der Waals surface area contributed by atoms with Gasteiger partial charge in [0.1, 0.15) is 6.61 Å². The first-order chi connectivity index (χ1) is 9.61. The molecular weight excluding hydrogens is 272 g/mol. The van der Waals surface area contributed by atoms with Gasteiger partial charge in [-0.15, -0.1) is 0 Å². The minimum absolute atomic E-state index is 0.340. The van der Waals surface area contributed by atoms with Crippen LogP contribution in [0.4, 0.5) is 0 Å². The summed E-state index contributed by atoms with van der Waals surface area (Å²) >= 11 is 6.26. The molecule has 2 rings (SSSR count). The van der Waals surface area contributed by atoms with E-state index in [1.807, 2.05) is 42.5 Å². The summed E-state index contributed by atoms with van der Waals surface area (Å²) in [6.07, 6.45) is 0. The quantitative estimate of drug-likeness (QED) is 0.767. The van der Waals surface area contributed by atoms with Crippen LogP contribution in [-0.2, 0) is 6.61 Å². The van der Waals surface area contributed by atoms with E-state index in [-0.39, 0.29) is 0 Å². The van der Waals surface area contributed by atoms with Crippen LogP contribution in [0.1, 0.15) is 30.9 Å². The third kappa shape index (κ3) is 3.45. The monoisotopic (exact) mass is 290 g/mol. The molecule has 2 aromatic rings. The van der Waals surface area contributed by atoms with Crippen LogP contribution in [0.3, 0.4) is 0 Å². The van der Waals surface area contributed by atoms with Crippen molar-refractivity contribution < 1.29 is 9.47 Å². The second kappa shape index (κ2) is 6.67. The van der Waals surface area contributed by atoms with Gasteiger partial charge in [0, 0.05) is 11.1 Å². The highest BCUT2D eigenvalue weighted by atomic mass is 35.5. The van der Waals surface area contributed by atoms with Crippen LogP contribution in [0.5, 0.6) is 11.5 Å². The van der Waals surface area contributed by atoms with Crippen molar-refractivity contribution in [3.63, 3.8) is 0 Å². The summed E-state index contributed by atoms with van der Waals surface area (Å²) in [7, 11) is 1.62. The molecule has 0 spiro atoms. The van der Waals surface area contributed by atoms with Gasteiger partial charge in [-0.3, -0.25) is 0 Å². The summed E-state index contributed by atoms with van der Waals surface area (Å²) < 4.78 is 11.2. The van der Waals surface area contributed by atoms with Crippen LogP contribution in [0, 0.1) is 0 Å². The SMILES string of the molecule is COc1cc(Cl)c(C(C)C)cc1OCc1ccccc1. The molecule has 0 saturated carbocycles. The number of methoxy groups -OCH3 is 1. The molecule has 0 N–H and O–H groups in total. The number of ether oxygens (including phenoxy) is 2. The largest absolute Gasteiger partial charge is 0.493 e. The Morgan fingerprint density at radius 1 is 1.05 bits per heavy atom. The summed E-state index contributed by atoms with van der Waals surface area (Å²) in [6, 6.07) is 13.8. The van der Waals surface area contributed by atoms with Gasteiger partial charge in [-0.05, 0) is 23.1 Å². The van der Waals surface area contributed by atoms with Crippen LogP contribution in [0.2, 0.25) is 5.02 Å². The zero-order valence-electron chi connectivity index (χ0n) is 12.0. The summed E-state index contributed by atoms with van der Waals surface area (Å²) in [5.41, 5.74) is 2.19. The smallest absolute Gasteiger partial charge is 0.162 e. The van der Waals surface area contributed by atoms with Crippen molar-refractivity contribution in [2.45, 2.75) is 26.4 Å². The second-order valence-electron chi connectivity index (χ2n) is 4.95. The predicted octanol–water partition coefficient (Wildman–Crippen LogP) is 5.05. The van der Waals surface area contributed by atoms with Gasteiger partial charge in [0.05, 0.1) is 7.11 Å². The van der Waals surface area contributed by atoms with Crippen molar-refractivity contribution in [1.82, 2.24) is 0 Å². The highest BCUT2D eigenvalue weighted by molar-refractivity contribution is 6.31. The lowest BCUT2D eigenvalue weighted by Crippen LogP contribution is -2.00. The third-order valence-corrected chi connectivity index (χ3v) is 3.47. The molecule has 2 aromatic carbocycles. The maximum atomic E-state index is 6.26. The minimum Gasteiger partial charge on any atom is -0.493 e. The number of halogens is 1. The van der Waals surface area contributed by atoms with E-state index >= 15 is 0 Å². The van der Waals surface area contributed by atoms with Gasteiger partial charge in [-0.1, -0.05) is 55.8 Å². The molecular formula is C17H19ClO2. The van der Waals surface area contributed by atoms with Crippen LogP contribution < -0.4 is 9.47 Å². The minimum atomic E-state index is 0.340. The number of hydrogen-bond donors (Lipinski definition) is 0. The summed E-state index contributed by atoms with van der Waals surface area (Å²) in [4.78, 5) is 0. The molecule has 0 atom stereocenters. The summed E-state index contributed by atoms with van der Waals surface area (Å²) in [5.74, 6) is 1.73. The van der Waals surface area contributed by atoms with E-state index < -0.39 is 0 Å². The zero-order chi connectivity index (χ0) is 14.5. The average Bonchev–Trinajstić information content (AvgIpc) is 2.46. The third-order valence-electron chi connectivity index (χ3n) is 3.14. The van der Waals surface area contributed by atoms with E-state index in [1.54, 1.807) is 7.11 Å². The molecule has 0 aliphatic rings. The second-order valence-corrected chi connectivity index (χ2v) is 5.36. The molecule has 0 bridgehead atoms. The summed E-state index contributed by atoms with van der Waals surface area (Å²) in [5, 5.41) is 0.712. The normalized spacial score (nSPS) is 10.7. The Bertz CT molecular complexity index is 565. The van der Waals surface area contributed by atoms with E-state index in [9.17, 15) is 0 Å². The van der Waals surface area contributed by atoms with E-state index in [0.717, 1.165) is 16.9 Å². The molecule has 0 radical (unpaired) electrons. The molecule has 3 heteroatoms. The Morgan fingerprint density at radius 3 is 2.35 bits per heavy atom. The van der Waals surface area contributed by atoms with Gasteiger partial charge < -0.3 is 9.47 Å². The first-order valence-corrected chi connectivity index (χ1v) is 7.03. The van der Waals surface area contributed by atoms with Gasteiger partial charge in [-0.25, -0.2) is 0 Å². The lowest BCUT2D eigenvalue weighted by atomic mass is 10.0. The van der Waals surface area contributed by atoms with Crippen molar-refractivity contribution in [2.75, 3.05) is 7.11 Å². The first kappa shape index (κ1) is 14.7. The molecule has 0 fully saturated rings. The molecule has 0 saturated heterocycles. The van der Waals surface area contributed by atoms with Crippen molar-refractivity contribution in [2.24, 2.45) is 0 Å². The lowest BCUT2D eigenvalue weighted by Gasteiger charge is -2.15.